The van der Waals surface area contributed by atoms with E-state index >= 15 is 0 Å². The zero-order chi connectivity index (χ0) is 13.1. The maximum absolute atomic E-state index is 6.05. The van der Waals surface area contributed by atoms with Crippen LogP contribution >= 0.6 is 11.6 Å². The van der Waals surface area contributed by atoms with E-state index in [2.05, 4.69) is 25.3 Å². The Morgan fingerprint density at radius 1 is 1.44 bits per heavy atom. The van der Waals surface area contributed by atoms with Gasteiger partial charge in [-0.1, -0.05) is 17.7 Å². The molecule has 2 aromatic rings. The van der Waals surface area contributed by atoms with Crippen LogP contribution in [-0.4, -0.2) is 23.2 Å². The second-order valence-corrected chi connectivity index (χ2v) is 4.07. The van der Waals surface area contributed by atoms with Crippen molar-refractivity contribution < 1.29 is 4.63 Å². The predicted molar refractivity (Wildman–Crippen MR) is 71.0 cm³/mol. The first kappa shape index (κ1) is 12.4. The average Bonchev–Trinajstić information content (AvgIpc) is 2.77. The van der Waals surface area contributed by atoms with Gasteiger partial charge >= 0.3 is 0 Å². The third-order valence-corrected chi connectivity index (χ3v) is 2.80. The van der Waals surface area contributed by atoms with Crippen LogP contribution in [0.2, 0.25) is 5.02 Å². The van der Waals surface area contributed by atoms with Crippen molar-refractivity contribution in [2.75, 3.05) is 18.1 Å². The lowest BCUT2D eigenvalue weighted by atomic mass is 10.2. The zero-order valence-electron chi connectivity index (χ0n) is 9.94. The quantitative estimate of drug-likeness (QED) is 0.641. The van der Waals surface area contributed by atoms with E-state index in [9.17, 15) is 0 Å². The van der Waals surface area contributed by atoms with Gasteiger partial charge in [-0.2, -0.15) is 0 Å². The van der Waals surface area contributed by atoms with E-state index in [-0.39, 0.29) is 5.82 Å². The molecule has 18 heavy (non-hydrogen) atoms. The maximum Gasteiger partial charge on any atom is 0.199 e. The van der Waals surface area contributed by atoms with E-state index in [1.807, 2.05) is 19.1 Å². The van der Waals surface area contributed by atoms with Gasteiger partial charge in [0.25, 0.3) is 0 Å². The molecule has 94 valence electrons. The van der Waals surface area contributed by atoms with Crippen LogP contribution in [0.15, 0.2) is 27.8 Å². The summed E-state index contributed by atoms with van der Waals surface area (Å²) in [4.78, 5) is 4.06. The van der Waals surface area contributed by atoms with E-state index in [0.29, 0.717) is 16.6 Å². The van der Waals surface area contributed by atoms with Crippen molar-refractivity contribution in [2.24, 2.45) is 4.99 Å². The first-order valence-corrected chi connectivity index (χ1v) is 5.58. The Bertz CT molecular complexity index is 593. The van der Waals surface area contributed by atoms with E-state index in [1.54, 1.807) is 13.1 Å². The van der Waals surface area contributed by atoms with Crippen molar-refractivity contribution >= 4 is 28.9 Å². The average molecular weight is 266 g/mol. The monoisotopic (exact) mass is 265 g/mol. The molecule has 0 radical (unpaired) electrons. The van der Waals surface area contributed by atoms with Gasteiger partial charge in [0.15, 0.2) is 17.3 Å². The van der Waals surface area contributed by atoms with Crippen LogP contribution in [-0.2, 0) is 0 Å². The highest BCUT2D eigenvalue weighted by molar-refractivity contribution is 6.31. The third kappa shape index (κ3) is 2.43. The van der Waals surface area contributed by atoms with Crippen LogP contribution in [0.25, 0.3) is 0 Å². The molecule has 1 aromatic heterocycles. The molecular weight excluding hydrogens is 254 g/mol. The molecule has 3 N–H and O–H groups in total. The predicted octanol–water partition coefficient (Wildman–Crippen LogP) is 2.10. The minimum Gasteiger partial charge on any atom is -0.379 e. The molecule has 7 heteroatoms. The zero-order valence-corrected chi connectivity index (χ0v) is 10.7. The number of nitrogens with zero attached hydrogens (tertiary/aromatic N) is 3. The molecule has 2 rings (SSSR count). The Hall–Kier alpha value is -2.08. The molecule has 0 spiro atoms. The highest BCUT2D eigenvalue weighted by atomic mass is 35.5. The van der Waals surface area contributed by atoms with Gasteiger partial charge in [-0.25, -0.2) is 4.63 Å². The lowest BCUT2D eigenvalue weighted by Gasteiger charge is -2.08. The standard InChI is InChI=1S/C11H12ClN5O/c1-6-3-4-7(5-8(6)12)15-11(14-2)9-10(13)17-18-16-9/h3-5H,1-2H3,(H2,13,17)(H,14,15). The summed E-state index contributed by atoms with van der Waals surface area (Å²) >= 11 is 6.05. The minimum absolute atomic E-state index is 0.182. The Morgan fingerprint density at radius 2 is 2.22 bits per heavy atom. The molecule has 0 saturated heterocycles. The van der Waals surface area contributed by atoms with Crippen molar-refractivity contribution in [2.45, 2.75) is 6.92 Å². The number of anilines is 2. The topological polar surface area (TPSA) is 89.3 Å². The highest BCUT2D eigenvalue weighted by Gasteiger charge is 2.13. The lowest BCUT2D eigenvalue weighted by molar-refractivity contribution is 0.308. The van der Waals surface area contributed by atoms with Crippen molar-refractivity contribution in [3.8, 4) is 0 Å². The van der Waals surface area contributed by atoms with Crippen LogP contribution in [0.3, 0.4) is 0 Å². The highest BCUT2D eigenvalue weighted by Crippen LogP contribution is 2.20. The Kier molecular flexibility index (Phi) is 3.47. The third-order valence-electron chi connectivity index (χ3n) is 2.40. The fourth-order valence-electron chi connectivity index (χ4n) is 1.39. The van der Waals surface area contributed by atoms with E-state index in [4.69, 9.17) is 17.3 Å². The molecule has 0 amide bonds. The van der Waals surface area contributed by atoms with Crippen molar-refractivity contribution in [1.82, 2.24) is 10.3 Å². The van der Waals surface area contributed by atoms with Gasteiger partial charge < -0.3 is 11.1 Å². The fourth-order valence-corrected chi connectivity index (χ4v) is 1.57. The fraction of sp³-hybridized carbons (Fsp3) is 0.182. The normalized spacial score (nSPS) is 11.6. The van der Waals surface area contributed by atoms with Gasteiger partial charge in [0.05, 0.1) is 0 Å². The second-order valence-electron chi connectivity index (χ2n) is 3.66. The number of aromatic nitrogens is 2. The van der Waals surface area contributed by atoms with Crippen LogP contribution in [0.4, 0.5) is 11.5 Å². The molecular formula is C11H12ClN5O. The molecule has 0 aliphatic heterocycles. The van der Waals surface area contributed by atoms with Gasteiger partial charge in [-0.05, 0) is 34.9 Å². The summed E-state index contributed by atoms with van der Waals surface area (Å²) in [5, 5.41) is 10.9. The number of benzene rings is 1. The molecule has 6 nitrogen and oxygen atoms in total. The lowest BCUT2D eigenvalue weighted by Crippen LogP contribution is -2.15. The molecule has 0 atom stereocenters. The summed E-state index contributed by atoms with van der Waals surface area (Å²) < 4.78 is 4.54. The van der Waals surface area contributed by atoms with Gasteiger partial charge in [0.2, 0.25) is 0 Å². The number of hydrogen-bond acceptors (Lipinski definition) is 5. The molecule has 0 unspecified atom stereocenters. The van der Waals surface area contributed by atoms with Crippen molar-refractivity contribution in [3.63, 3.8) is 0 Å². The number of amidine groups is 1. The first-order valence-electron chi connectivity index (χ1n) is 5.20. The molecule has 1 aromatic carbocycles. The summed E-state index contributed by atoms with van der Waals surface area (Å²) in [6, 6.07) is 5.59. The van der Waals surface area contributed by atoms with Crippen molar-refractivity contribution in [3.05, 3.63) is 34.5 Å². The number of hydrogen-bond donors (Lipinski definition) is 2. The second kappa shape index (κ2) is 5.05. The van der Waals surface area contributed by atoms with Crippen LogP contribution in [0.1, 0.15) is 11.3 Å². The molecule has 0 bridgehead atoms. The Labute approximate surface area is 109 Å². The van der Waals surface area contributed by atoms with Crippen LogP contribution in [0, 0.1) is 6.92 Å². The van der Waals surface area contributed by atoms with E-state index in [0.717, 1.165) is 11.3 Å². The number of halogens is 1. The summed E-state index contributed by atoms with van der Waals surface area (Å²) in [5.41, 5.74) is 7.77. The van der Waals surface area contributed by atoms with E-state index < -0.39 is 0 Å². The van der Waals surface area contributed by atoms with Crippen LogP contribution < -0.4 is 11.1 Å². The minimum atomic E-state index is 0.182. The van der Waals surface area contributed by atoms with Gasteiger partial charge in [0.1, 0.15) is 0 Å². The largest absolute Gasteiger partial charge is 0.379 e. The summed E-state index contributed by atoms with van der Waals surface area (Å²) in [6.07, 6.45) is 0. The van der Waals surface area contributed by atoms with Crippen LogP contribution in [0.5, 0.6) is 0 Å². The molecule has 1 heterocycles. The smallest absolute Gasteiger partial charge is 0.199 e. The molecule has 0 aliphatic carbocycles. The first-order chi connectivity index (χ1) is 8.61. The van der Waals surface area contributed by atoms with Gasteiger partial charge in [0, 0.05) is 17.8 Å². The molecule has 0 saturated carbocycles. The Balaban J connectivity index is 2.27. The number of nitrogens with two attached hydrogens (primary N) is 1. The molecule has 0 fully saturated rings. The number of aryl methyl sites for hydroxylation is 1. The van der Waals surface area contributed by atoms with Gasteiger partial charge in [-0.3, -0.25) is 4.99 Å². The van der Waals surface area contributed by atoms with Gasteiger partial charge in [-0.15, -0.1) is 0 Å². The number of nitrogen functional groups attached to an aromatic ring is 1. The maximum atomic E-state index is 6.05. The number of aliphatic imine (C=N–C) groups is 1. The summed E-state index contributed by atoms with van der Waals surface area (Å²) in [7, 11) is 1.62. The summed E-state index contributed by atoms with van der Waals surface area (Å²) in [6.45, 7) is 1.93. The number of nitrogens with one attached hydrogen (secondary N) is 1. The SMILES string of the molecule is CN=C(Nc1ccc(C)c(Cl)c1)c1nonc1N. The number of rotatable bonds is 2. The summed E-state index contributed by atoms with van der Waals surface area (Å²) in [5.74, 6) is 0.648. The molecule has 0 aliphatic rings. The van der Waals surface area contributed by atoms with E-state index in [1.165, 1.54) is 0 Å². The Morgan fingerprint density at radius 3 is 2.78 bits per heavy atom. The van der Waals surface area contributed by atoms with Crippen molar-refractivity contribution in [1.29, 1.82) is 0 Å².